The van der Waals surface area contributed by atoms with Crippen LogP contribution >= 0.6 is 0 Å². The van der Waals surface area contributed by atoms with Gasteiger partial charge in [-0.25, -0.2) is 19.6 Å². The maximum Gasteiger partial charge on any atom is 0.407 e. The number of benzene rings is 3. The second-order valence-corrected chi connectivity index (χ2v) is 19.0. The highest BCUT2D eigenvalue weighted by Crippen LogP contribution is 2.43. The number of nitrogens with one attached hydrogen (secondary N) is 4. The second kappa shape index (κ2) is 20.0. The number of imidazole rings is 2. The van der Waals surface area contributed by atoms with Gasteiger partial charge in [0, 0.05) is 23.0 Å². The molecular formula is C51H66N8O8. The zero-order valence-corrected chi connectivity index (χ0v) is 40.2. The highest BCUT2D eigenvalue weighted by Gasteiger charge is 2.44. The van der Waals surface area contributed by atoms with Crippen molar-refractivity contribution in [3.8, 4) is 28.1 Å². The fraction of sp³-hybridized carbons (Fsp3) is 0.529. The van der Waals surface area contributed by atoms with Crippen molar-refractivity contribution in [3.05, 3.63) is 65.9 Å². The minimum atomic E-state index is -0.749. The van der Waals surface area contributed by atoms with E-state index in [1.165, 1.54) is 14.2 Å². The molecule has 0 unspecified atom stereocenters. The van der Waals surface area contributed by atoms with Crippen LogP contribution in [0, 0.1) is 11.8 Å². The van der Waals surface area contributed by atoms with E-state index in [1.54, 1.807) is 0 Å². The first-order valence-electron chi connectivity index (χ1n) is 23.9. The third-order valence-electron chi connectivity index (χ3n) is 14.3. The third-order valence-corrected chi connectivity index (χ3v) is 14.3. The number of alkyl carbamates (subject to hydrolysis) is 2. The average molecular weight is 919 g/mol. The monoisotopic (exact) mass is 919 g/mol. The van der Waals surface area contributed by atoms with Crippen molar-refractivity contribution in [1.29, 1.82) is 0 Å². The van der Waals surface area contributed by atoms with Gasteiger partial charge in [-0.05, 0) is 118 Å². The predicted octanol–water partition coefficient (Wildman–Crippen LogP) is 8.93. The van der Waals surface area contributed by atoms with Gasteiger partial charge in [-0.15, -0.1) is 0 Å². The lowest BCUT2D eigenvalue weighted by Gasteiger charge is -2.39. The Labute approximate surface area is 392 Å². The van der Waals surface area contributed by atoms with Gasteiger partial charge in [-0.3, -0.25) is 9.59 Å². The van der Waals surface area contributed by atoms with Crippen LogP contribution in [0.25, 0.3) is 44.2 Å². The van der Waals surface area contributed by atoms with Crippen LogP contribution in [0.1, 0.15) is 117 Å². The number of fused-ring (bicyclic) bond motifs is 6. The summed E-state index contributed by atoms with van der Waals surface area (Å²) in [6.07, 6.45) is 5.76. The van der Waals surface area contributed by atoms with Gasteiger partial charge < -0.3 is 49.3 Å². The van der Waals surface area contributed by atoms with Crippen molar-refractivity contribution in [2.75, 3.05) is 14.2 Å². The molecule has 0 radical (unpaired) electrons. The van der Waals surface area contributed by atoms with E-state index in [1.807, 2.05) is 56.7 Å². The number of carbonyl (C=O) groups excluding carboxylic acids is 4. The van der Waals surface area contributed by atoms with Crippen molar-refractivity contribution >= 4 is 45.8 Å². The first-order valence-corrected chi connectivity index (χ1v) is 23.9. The van der Waals surface area contributed by atoms with Gasteiger partial charge in [-0.2, -0.15) is 0 Å². The topological polar surface area (TPSA) is 193 Å². The van der Waals surface area contributed by atoms with E-state index >= 15 is 0 Å². The molecule has 358 valence electrons. The van der Waals surface area contributed by atoms with Crippen molar-refractivity contribution in [2.45, 2.75) is 149 Å². The SMILES string of the molecule is CCC[C@H](C)N(Cc1nc2c(ccc3cc4c(cc32)OCc2cc(-c3cnc([C@@H]5CC[C@H](C)N5C(=O)[C@@H](NC(=O)OC)C5C[C@@H](C)O[C@H](C)C5)[nH]3)ccc2-4)[nH]1)C(=O)[C@@H](NC(=O)OC)[C@@H](C)CC. The van der Waals surface area contributed by atoms with Crippen LogP contribution in [0.3, 0.4) is 0 Å². The Morgan fingerprint density at radius 3 is 2.39 bits per heavy atom. The Kier molecular flexibility index (Phi) is 14.1. The van der Waals surface area contributed by atoms with Crippen molar-refractivity contribution in [3.63, 3.8) is 0 Å². The molecule has 0 aliphatic carbocycles. The number of amides is 4. The van der Waals surface area contributed by atoms with Gasteiger partial charge in [0.05, 0.1) is 61.9 Å². The molecule has 3 aromatic carbocycles. The molecule has 67 heavy (non-hydrogen) atoms. The third kappa shape index (κ3) is 9.68. The number of H-pyrrole nitrogens is 2. The second-order valence-electron chi connectivity index (χ2n) is 19.0. The quantitative estimate of drug-likeness (QED) is 0.0836. The summed E-state index contributed by atoms with van der Waals surface area (Å²) in [6, 6.07) is 12.7. The maximum absolute atomic E-state index is 14.5. The van der Waals surface area contributed by atoms with Crippen LogP contribution in [0.4, 0.5) is 9.59 Å². The molecule has 0 spiro atoms. The molecule has 16 nitrogen and oxygen atoms in total. The highest BCUT2D eigenvalue weighted by molar-refractivity contribution is 6.07. The van der Waals surface area contributed by atoms with Crippen LogP contribution in [0.5, 0.6) is 5.75 Å². The first kappa shape index (κ1) is 47.3. The Morgan fingerprint density at radius 2 is 1.67 bits per heavy atom. The Morgan fingerprint density at radius 1 is 0.925 bits per heavy atom. The number of hydrogen-bond donors (Lipinski definition) is 4. The number of hydrogen-bond acceptors (Lipinski definition) is 10. The van der Waals surface area contributed by atoms with Gasteiger partial charge in [0.25, 0.3) is 0 Å². The zero-order chi connectivity index (χ0) is 47.7. The molecule has 2 aromatic heterocycles. The number of carbonyl (C=O) groups is 4. The van der Waals surface area contributed by atoms with E-state index in [0.717, 1.165) is 81.2 Å². The normalized spacial score (nSPS) is 21.9. The van der Waals surface area contributed by atoms with E-state index < -0.39 is 24.3 Å². The lowest BCUT2D eigenvalue weighted by molar-refractivity contribution is -0.140. The first-order chi connectivity index (χ1) is 32.2. The molecule has 3 aliphatic rings. The molecule has 0 saturated carbocycles. The Bertz CT molecular complexity index is 2620. The summed E-state index contributed by atoms with van der Waals surface area (Å²) >= 11 is 0. The minimum Gasteiger partial charge on any atom is -0.488 e. The molecular weight excluding hydrogens is 853 g/mol. The van der Waals surface area contributed by atoms with Crippen molar-refractivity contribution in [1.82, 2.24) is 40.4 Å². The molecule has 2 saturated heterocycles. The molecule has 4 N–H and O–H groups in total. The summed E-state index contributed by atoms with van der Waals surface area (Å²) in [5.74, 6) is 1.62. The lowest BCUT2D eigenvalue weighted by Crippen LogP contribution is -2.55. The van der Waals surface area contributed by atoms with Crippen LogP contribution in [-0.2, 0) is 37.0 Å². The van der Waals surface area contributed by atoms with Crippen molar-refractivity contribution < 1.29 is 38.1 Å². The minimum absolute atomic E-state index is 0.0320. The molecule has 8 atom stereocenters. The Balaban J connectivity index is 1.03. The van der Waals surface area contributed by atoms with Gasteiger partial charge >= 0.3 is 12.2 Å². The molecule has 5 aromatic rings. The van der Waals surface area contributed by atoms with Gasteiger partial charge in [0.15, 0.2) is 0 Å². The summed E-state index contributed by atoms with van der Waals surface area (Å²) in [7, 11) is 2.62. The number of aromatic nitrogens is 4. The largest absolute Gasteiger partial charge is 0.488 e. The fourth-order valence-electron chi connectivity index (χ4n) is 10.5. The molecule has 16 heteroatoms. The van der Waals surface area contributed by atoms with Crippen molar-refractivity contribution in [2.24, 2.45) is 11.8 Å². The molecule has 5 heterocycles. The summed E-state index contributed by atoms with van der Waals surface area (Å²) in [4.78, 5) is 74.2. The predicted molar refractivity (Wildman–Crippen MR) is 255 cm³/mol. The standard InChI is InChI=1S/C51H66N8O8/c1-10-12-28(4)58(48(60)44(27(3)11-2)56-50(62)64-8)25-43-53-39-17-15-32-22-38-36-16-14-33(21-35(36)26-66-42(38)23-37(32)46(39)55-43)40-24-52-47(54-40)41-18-13-29(5)59(41)49(61)45(57-51(63)65-9)34-19-30(6)67-31(7)20-34/h14-17,21-24,27-31,34,41,44-45H,10-13,18-20,25-26H2,1-9H3,(H,52,54)(H,53,55)(H,56,62)(H,57,63)/t27-,28-,29-,30+,31+,41-,44-,45-/m0/s1. The molecule has 4 amide bonds. The number of likely N-dealkylation sites (tertiary alicyclic amines) is 1. The highest BCUT2D eigenvalue weighted by atomic mass is 16.5. The van der Waals surface area contributed by atoms with E-state index in [-0.39, 0.29) is 60.5 Å². The number of nitrogens with zero attached hydrogens (tertiary/aromatic N) is 4. The van der Waals surface area contributed by atoms with Crippen LogP contribution in [0.2, 0.25) is 0 Å². The van der Waals surface area contributed by atoms with Crippen LogP contribution in [0.15, 0.2) is 48.7 Å². The van der Waals surface area contributed by atoms with Gasteiger partial charge in [0.1, 0.15) is 36.1 Å². The lowest BCUT2D eigenvalue weighted by atomic mass is 9.85. The number of methoxy groups -OCH3 is 2. The molecule has 8 rings (SSSR count). The molecule has 0 bridgehead atoms. The summed E-state index contributed by atoms with van der Waals surface area (Å²) in [6.45, 7) is 14.8. The van der Waals surface area contributed by atoms with Crippen LogP contribution in [-0.4, -0.2) is 104 Å². The number of ether oxygens (including phenoxy) is 4. The van der Waals surface area contributed by atoms with E-state index in [9.17, 15) is 19.2 Å². The smallest absolute Gasteiger partial charge is 0.407 e. The summed E-state index contributed by atoms with van der Waals surface area (Å²) in [5, 5.41) is 7.61. The Hall–Kier alpha value is -6.16. The fourth-order valence-corrected chi connectivity index (χ4v) is 10.5. The zero-order valence-electron chi connectivity index (χ0n) is 40.2. The van der Waals surface area contributed by atoms with Crippen LogP contribution < -0.4 is 15.4 Å². The summed E-state index contributed by atoms with van der Waals surface area (Å²) in [5.41, 5.74) is 6.52. The average Bonchev–Trinajstić information content (AvgIpc) is 4.08. The van der Waals surface area contributed by atoms with E-state index in [4.69, 9.17) is 28.9 Å². The number of aromatic amines is 2. The van der Waals surface area contributed by atoms with Gasteiger partial charge in [-0.1, -0.05) is 51.8 Å². The maximum atomic E-state index is 14.5. The number of rotatable bonds is 14. The molecule has 2 fully saturated rings. The van der Waals surface area contributed by atoms with E-state index in [0.29, 0.717) is 37.5 Å². The van der Waals surface area contributed by atoms with E-state index in [2.05, 4.69) is 70.8 Å². The van der Waals surface area contributed by atoms with Gasteiger partial charge in [0.2, 0.25) is 11.8 Å². The molecule has 3 aliphatic heterocycles. The summed E-state index contributed by atoms with van der Waals surface area (Å²) < 4.78 is 22.3.